The van der Waals surface area contributed by atoms with Crippen LogP contribution in [0.15, 0.2) is 29.2 Å². The molecular weight excluding hydrogens is 365 g/mol. The molecule has 2 aliphatic rings. The van der Waals surface area contributed by atoms with E-state index in [1.54, 1.807) is 0 Å². The molecule has 0 spiro atoms. The first-order chi connectivity index (χ1) is 11.6. The summed E-state index contributed by atoms with van der Waals surface area (Å²) in [5, 5.41) is 0. The highest BCUT2D eigenvalue weighted by Gasteiger charge is 2.45. The number of imide groups is 1. The van der Waals surface area contributed by atoms with Crippen LogP contribution in [0, 0.1) is 0 Å². The molecule has 2 aliphatic heterocycles. The van der Waals surface area contributed by atoms with Crippen LogP contribution < -0.4 is 0 Å². The molecule has 1 atom stereocenters. The molecule has 1 aromatic carbocycles. The SMILES string of the molecule is O=C1COC(=O)N1C1CCN(S(=O)(=O)c2ccccc2C(F)(F)F)C1. The summed E-state index contributed by atoms with van der Waals surface area (Å²) in [5.41, 5.74) is -1.25. The third-order valence-electron chi connectivity index (χ3n) is 4.09. The van der Waals surface area contributed by atoms with E-state index in [1.807, 2.05) is 0 Å². The van der Waals surface area contributed by atoms with Crippen LogP contribution >= 0.6 is 0 Å². The average Bonchev–Trinajstić information content (AvgIpc) is 3.14. The fraction of sp³-hybridized carbons (Fsp3) is 0.429. The van der Waals surface area contributed by atoms with Crippen LogP contribution in [0.3, 0.4) is 0 Å². The standard InChI is InChI=1S/C14H13F3N2O5S/c15-14(16,17)10-3-1-2-4-11(10)25(22,23)18-6-5-9(7-18)19-12(20)8-24-13(19)21/h1-4,9H,5-8H2. The molecule has 2 amide bonds. The van der Waals surface area contributed by atoms with Crippen molar-refractivity contribution in [3.05, 3.63) is 29.8 Å². The molecule has 2 fully saturated rings. The monoisotopic (exact) mass is 378 g/mol. The molecule has 0 saturated carbocycles. The van der Waals surface area contributed by atoms with E-state index in [1.165, 1.54) is 6.07 Å². The molecule has 1 aromatic rings. The highest BCUT2D eigenvalue weighted by molar-refractivity contribution is 7.89. The van der Waals surface area contributed by atoms with Gasteiger partial charge < -0.3 is 4.74 Å². The number of alkyl halides is 3. The van der Waals surface area contributed by atoms with Gasteiger partial charge in [-0.1, -0.05) is 12.1 Å². The summed E-state index contributed by atoms with van der Waals surface area (Å²) in [6.45, 7) is -0.787. The molecule has 136 valence electrons. The van der Waals surface area contributed by atoms with E-state index < -0.39 is 51.3 Å². The van der Waals surface area contributed by atoms with Crippen molar-refractivity contribution in [1.82, 2.24) is 9.21 Å². The normalized spacial score (nSPS) is 22.5. The van der Waals surface area contributed by atoms with Gasteiger partial charge in [-0.2, -0.15) is 17.5 Å². The van der Waals surface area contributed by atoms with Crippen molar-refractivity contribution in [2.24, 2.45) is 0 Å². The topological polar surface area (TPSA) is 84.0 Å². The van der Waals surface area contributed by atoms with E-state index in [0.29, 0.717) is 6.07 Å². The summed E-state index contributed by atoms with van der Waals surface area (Å²) in [5.74, 6) is -0.593. The van der Waals surface area contributed by atoms with Crippen molar-refractivity contribution >= 4 is 22.0 Å². The minimum atomic E-state index is -4.82. The number of cyclic esters (lactones) is 1. The second-order valence-electron chi connectivity index (χ2n) is 5.62. The number of carbonyl (C=O) groups excluding carboxylic acids is 2. The Kier molecular flexibility index (Phi) is 4.23. The molecule has 1 unspecified atom stereocenters. The van der Waals surface area contributed by atoms with Gasteiger partial charge in [-0.05, 0) is 18.6 Å². The highest BCUT2D eigenvalue weighted by atomic mass is 32.2. The van der Waals surface area contributed by atoms with Gasteiger partial charge in [0.15, 0.2) is 6.61 Å². The molecule has 0 aromatic heterocycles. The summed E-state index contributed by atoms with van der Waals surface area (Å²) in [4.78, 5) is 23.2. The zero-order valence-electron chi connectivity index (χ0n) is 12.7. The third kappa shape index (κ3) is 3.09. The van der Waals surface area contributed by atoms with E-state index >= 15 is 0 Å². The second-order valence-corrected chi connectivity index (χ2v) is 7.52. The summed E-state index contributed by atoms with van der Waals surface area (Å²) in [6.07, 6.45) is -5.56. The molecule has 0 N–H and O–H groups in total. The molecule has 2 saturated heterocycles. The van der Waals surface area contributed by atoms with Crippen LogP contribution in [0.2, 0.25) is 0 Å². The Hall–Kier alpha value is -2.14. The van der Waals surface area contributed by atoms with Crippen molar-refractivity contribution in [2.45, 2.75) is 23.5 Å². The molecule has 7 nitrogen and oxygen atoms in total. The summed E-state index contributed by atoms with van der Waals surface area (Å²) >= 11 is 0. The molecular formula is C14H13F3N2O5S. The summed E-state index contributed by atoms with van der Waals surface area (Å²) in [6, 6.07) is 3.14. The van der Waals surface area contributed by atoms with Crippen molar-refractivity contribution in [2.75, 3.05) is 19.7 Å². The van der Waals surface area contributed by atoms with Gasteiger partial charge in [0.25, 0.3) is 5.91 Å². The number of nitrogens with zero attached hydrogens (tertiary/aromatic N) is 2. The molecule has 0 bridgehead atoms. The Labute approximate surface area is 141 Å². The lowest BCUT2D eigenvalue weighted by atomic mass is 10.2. The Balaban J connectivity index is 1.88. The minimum absolute atomic E-state index is 0.101. The summed E-state index contributed by atoms with van der Waals surface area (Å²) in [7, 11) is -4.43. The van der Waals surface area contributed by atoms with Gasteiger partial charge >= 0.3 is 12.3 Å². The summed E-state index contributed by atoms with van der Waals surface area (Å²) < 4.78 is 70.0. The van der Waals surface area contributed by atoms with Gasteiger partial charge in [0, 0.05) is 13.1 Å². The Morgan fingerprint density at radius 2 is 1.84 bits per heavy atom. The van der Waals surface area contributed by atoms with Crippen LogP contribution in [0.1, 0.15) is 12.0 Å². The number of sulfonamides is 1. The molecule has 25 heavy (non-hydrogen) atoms. The number of ether oxygens (including phenoxy) is 1. The number of halogens is 3. The van der Waals surface area contributed by atoms with Gasteiger partial charge in [-0.3, -0.25) is 4.79 Å². The zero-order valence-corrected chi connectivity index (χ0v) is 13.5. The maximum Gasteiger partial charge on any atom is 0.417 e. The van der Waals surface area contributed by atoms with Crippen molar-refractivity contribution in [3.8, 4) is 0 Å². The second kappa shape index (κ2) is 5.99. The van der Waals surface area contributed by atoms with Gasteiger partial charge in [0.05, 0.1) is 16.5 Å². The fourth-order valence-corrected chi connectivity index (χ4v) is 4.63. The first kappa shape index (κ1) is 17.7. The number of hydrogen-bond donors (Lipinski definition) is 0. The Morgan fingerprint density at radius 3 is 2.44 bits per heavy atom. The number of carbonyl (C=O) groups is 2. The number of hydrogen-bond acceptors (Lipinski definition) is 5. The Bertz CT molecular complexity index is 808. The van der Waals surface area contributed by atoms with Crippen LogP contribution in [-0.2, 0) is 25.7 Å². The van der Waals surface area contributed by atoms with Crippen LogP contribution in [0.4, 0.5) is 18.0 Å². The van der Waals surface area contributed by atoms with E-state index in [-0.39, 0.29) is 19.5 Å². The van der Waals surface area contributed by atoms with Crippen molar-refractivity contribution < 1.29 is 35.9 Å². The van der Waals surface area contributed by atoms with Crippen LogP contribution in [-0.4, -0.2) is 55.4 Å². The predicted molar refractivity (Wildman–Crippen MR) is 76.8 cm³/mol. The van der Waals surface area contributed by atoms with Crippen LogP contribution in [0.5, 0.6) is 0 Å². The number of rotatable bonds is 3. The molecule has 0 radical (unpaired) electrons. The zero-order chi connectivity index (χ0) is 18.4. The third-order valence-corrected chi connectivity index (χ3v) is 6.01. The highest BCUT2D eigenvalue weighted by Crippen LogP contribution is 2.36. The lowest BCUT2D eigenvalue weighted by molar-refractivity contribution is -0.140. The smallest absolute Gasteiger partial charge is 0.417 e. The van der Waals surface area contributed by atoms with Crippen LogP contribution in [0.25, 0.3) is 0 Å². The Morgan fingerprint density at radius 1 is 1.16 bits per heavy atom. The maximum absolute atomic E-state index is 13.1. The molecule has 3 rings (SSSR count). The van der Waals surface area contributed by atoms with E-state index in [9.17, 15) is 31.2 Å². The lowest BCUT2D eigenvalue weighted by Gasteiger charge is -2.21. The maximum atomic E-state index is 13.1. The minimum Gasteiger partial charge on any atom is -0.439 e. The van der Waals surface area contributed by atoms with Gasteiger partial charge in [0.2, 0.25) is 10.0 Å². The largest absolute Gasteiger partial charge is 0.439 e. The first-order valence-corrected chi connectivity index (χ1v) is 8.71. The predicted octanol–water partition coefficient (Wildman–Crippen LogP) is 1.45. The number of amides is 2. The lowest BCUT2D eigenvalue weighted by Crippen LogP contribution is -2.42. The molecule has 2 heterocycles. The van der Waals surface area contributed by atoms with Gasteiger partial charge in [0.1, 0.15) is 0 Å². The van der Waals surface area contributed by atoms with Crippen molar-refractivity contribution in [3.63, 3.8) is 0 Å². The average molecular weight is 378 g/mol. The molecule has 11 heteroatoms. The van der Waals surface area contributed by atoms with E-state index in [4.69, 9.17) is 0 Å². The van der Waals surface area contributed by atoms with Crippen molar-refractivity contribution in [1.29, 1.82) is 0 Å². The van der Waals surface area contributed by atoms with Gasteiger partial charge in [-0.15, -0.1) is 0 Å². The first-order valence-electron chi connectivity index (χ1n) is 7.27. The van der Waals surface area contributed by atoms with Gasteiger partial charge in [-0.25, -0.2) is 18.1 Å². The number of benzene rings is 1. The molecule has 0 aliphatic carbocycles. The van der Waals surface area contributed by atoms with E-state index in [2.05, 4.69) is 4.74 Å². The fourth-order valence-electron chi connectivity index (χ4n) is 2.92. The quantitative estimate of drug-likeness (QED) is 0.795. The van der Waals surface area contributed by atoms with E-state index in [0.717, 1.165) is 21.3 Å².